The first-order valence-corrected chi connectivity index (χ1v) is 5.92. The SMILES string of the molecule is COC(=O)c1cncnc1NCCCCN(C)C. The summed E-state index contributed by atoms with van der Waals surface area (Å²) in [6.07, 6.45) is 4.98. The normalized spacial score (nSPS) is 10.4. The van der Waals surface area contributed by atoms with Crippen LogP contribution < -0.4 is 5.32 Å². The molecule has 100 valence electrons. The van der Waals surface area contributed by atoms with Crippen LogP contribution in [0.3, 0.4) is 0 Å². The number of esters is 1. The molecule has 0 unspecified atom stereocenters. The van der Waals surface area contributed by atoms with E-state index in [4.69, 9.17) is 0 Å². The number of methoxy groups -OCH3 is 1. The van der Waals surface area contributed by atoms with Gasteiger partial charge < -0.3 is 15.0 Å². The highest BCUT2D eigenvalue weighted by Crippen LogP contribution is 2.11. The van der Waals surface area contributed by atoms with Crippen molar-refractivity contribution in [1.82, 2.24) is 14.9 Å². The maximum Gasteiger partial charge on any atom is 0.343 e. The van der Waals surface area contributed by atoms with Gasteiger partial charge in [0.1, 0.15) is 17.7 Å². The van der Waals surface area contributed by atoms with Gasteiger partial charge in [-0.05, 0) is 33.5 Å². The maximum absolute atomic E-state index is 11.5. The lowest BCUT2D eigenvalue weighted by Gasteiger charge is -2.11. The summed E-state index contributed by atoms with van der Waals surface area (Å²) in [5.41, 5.74) is 0.368. The molecule has 0 atom stereocenters. The molecule has 6 heteroatoms. The van der Waals surface area contributed by atoms with Crippen LogP contribution >= 0.6 is 0 Å². The summed E-state index contributed by atoms with van der Waals surface area (Å²) in [4.78, 5) is 21.5. The van der Waals surface area contributed by atoms with Crippen molar-refractivity contribution < 1.29 is 9.53 Å². The van der Waals surface area contributed by atoms with Crippen LogP contribution in [0.2, 0.25) is 0 Å². The number of carbonyl (C=O) groups is 1. The monoisotopic (exact) mass is 252 g/mol. The average Bonchev–Trinajstić information content (AvgIpc) is 2.37. The Hall–Kier alpha value is -1.69. The van der Waals surface area contributed by atoms with Gasteiger partial charge in [-0.25, -0.2) is 14.8 Å². The van der Waals surface area contributed by atoms with Gasteiger partial charge in [-0.3, -0.25) is 0 Å². The number of hydrogen-bond donors (Lipinski definition) is 1. The molecule has 0 aliphatic heterocycles. The van der Waals surface area contributed by atoms with Crippen molar-refractivity contribution in [3.05, 3.63) is 18.1 Å². The lowest BCUT2D eigenvalue weighted by Crippen LogP contribution is -2.15. The largest absolute Gasteiger partial charge is 0.465 e. The van der Waals surface area contributed by atoms with Gasteiger partial charge in [0, 0.05) is 12.7 Å². The summed E-state index contributed by atoms with van der Waals surface area (Å²) in [5.74, 6) is 0.105. The molecule has 1 aromatic rings. The van der Waals surface area contributed by atoms with Crippen molar-refractivity contribution in [3.63, 3.8) is 0 Å². The van der Waals surface area contributed by atoms with Crippen molar-refractivity contribution >= 4 is 11.8 Å². The van der Waals surface area contributed by atoms with E-state index in [9.17, 15) is 4.79 Å². The molecule has 1 N–H and O–H groups in total. The van der Waals surface area contributed by atoms with Crippen molar-refractivity contribution in [1.29, 1.82) is 0 Å². The zero-order chi connectivity index (χ0) is 13.4. The summed E-state index contributed by atoms with van der Waals surface area (Å²) >= 11 is 0. The molecule has 1 rings (SSSR count). The van der Waals surface area contributed by atoms with E-state index >= 15 is 0 Å². The summed E-state index contributed by atoms with van der Waals surface area (Å²) in [6, 6.07) is 0. The topological polar surface area (TPSA) is 67.3 Å². The molecule has 18 heavy (non-hydrogen) atoms. The highest BCUT2D eigenvalue weighted by Gasteiger charge is 2.12. The van der Waals surface area contributed by atoms with E-state index in [-0.39, 0.29) is 0 Å². The van der Waals surface area contributed by atoms with E-state index in [0.717, 1.165) is 25.9 Å². The number of nitrogens with zero attached hydrogens (tertiary/aromatic N) is 3. The Morgan fingerprint density at radius 1 is 1.44 bits per heavy atom. The van der Waals surface area contributed by atoms with E-state index < -0.39 is 5.97 Å². The lowest BCUT2D eigenvalue weighted by atomic mass is 10.2. The molecular weight excluding hydrogens is 232 g/mol. The Bertz CT molecular complexity index is 382. The Balaban J connectivity index is 2.44. The first-order valence-electron chi connectivity index (χ1n) is 5.92. The minimum atomic E-state index is -0.425. The smallest absolute Gasteiger partial charge is 0.343 e. The second-order valence-corrected chi connectivity index (χ2v) is 4.21. The molecule has 0 aromatic carbocycles. The van der Waals surface area contributed by atoms with Crippen LogP contribution in [-0.4, -0.2) is 55.1 Å². The molecule has 0 saturated heterocycles. The van der Waals surface area contributed by atoms with E-state index in [1.54, 1.807) is 0 Å². The Kier molecular flexibility index (Phi) is 6.07. The fraction of sp³-hybridized carbons (Fsp3) is 0.583. The number of unbranched alkanes of at least 4 members (excludes halogenated alkanes) is 1. The van der Waals surface area contributed by atoms with Gasteiger partial charge in [-0.1, -0.05) is 0 Å². The molecule has 0 aliphatic carbocycles. The van der Waals surface area contributed by atoms with E-state index in [1.165, 1.54) is 19.6 Å². The van der Waals surface area contributed by atoms with Gasteiger partial charge in [-0.2, -0.15) is 0 Å². The number of anilines is 1. The van der Waals surface area contributed by atoms with E-state index in [0.29, 0.717) is 11.4 Å². The zero-order valence-electron chi connectivity index (χ0n) is 11.1. The summed E-state index contributed by atoms with van der Waals surface area (Å²) < 4.78 is 4.67. The standard InChI is InChI=1S/C12H20N4O2/c1-16(2)7-5-4-6-14-11-10(12(17)18-3)8-13-9-15-11/h8-9H,4-7H2,1-3H3,(H,13,14,15). The fourth-order valence-corrected chi connectivity index (χ4v) is 1.49. The van der Waals surface area contributed by atoms with Crippen LogP contribution in [0.4, 0.5) is 5.82 Å². The highest BCUT2D eigenvalue weighted by atomic mass is 16.5. The predicted molar refractivity (Wildman–Crippen MR) is 69.6 cm³/mol. The van der Waals surface area contributed by atoms with Crippen LogP contribution in [0.1, 0.15) is 23.2 Å². The van der Waals surface area contributed by atoms with Crippen LogP contribution in [0.5, 0.6) is 0 Å². The molecule has 0 fully saturated rings. The molecule has 6 nitrogen and oxygen atoms in total. The van der Waals surface area contributed by atoms with Crippen molar-refractivity contribution in [3.8, 4) is 0 Å². The number of rotatable bonds is 7. The number of carbonyl (C=O) groups excluding carboxylic acids is 1. The minimum absolute atomic E-state index is 0.368. The second kappa shape index (κ2) is 7.60. The Morgan fingerprint density at radius 3 is 2.89 bits per heavy atom. The second-order valence-electron chi connectivity index (χ2n) is 4.21. The van der Waals surface area contributed by atoms with E-state index in [1.807, 2.05) is 14.1 Å². The first-order chi connectivity index (χ1) is 8.65. The predicted octanol–water partition coefficient (Wildman–Crippen LogP) is 1.02. The van der Waals surface area contributed by atoms with Crippen molar-refractivity contribution in [2.75, 3.05) is 39.6 Å². The first kappa shape index (κ1) is 14.4. The van der Waals surface area contributed by atoms with Crippen molar-refractivity contribution in [2.45, 2.75) is 12.8 Å². The van der Waals surface area contributed by atoms with Crippen LogP contribution in [0.25, 0.3) is 0 Å². The van der Waals surface area contributed by atoms with Crippen LogP contribution in [0.15, 0.2) is 12.5 Å². The van der Waals surface area contributed by atoms with Crippen molar-refractivity contribution in [2.24, 2.45) is 0 Å². The van der Waals surface area contributed by atoms with Gasteiger partial charge in [0.15, 0.2) is 0 Å². The fourth-order valence-electron chi connectivity index (χ4n) is 1.49. The molecule has 1 heterocycles. The molecule has 0 aliphatic rings. The zero-order valence-corrected chi connectivity index (χ0v) is 11.1. The molecule has 0 radical (unpaired) electrons. The maximum atomic E-state index is 11.5. The van der Waals surface area contributed by atoms with Gasteiger partial charge in [0.2, 0.25) is 0 Å². The van der Waals surface area contributed by atoms with Gasteiger partial charge in [0.05, 0.1) is 7.11 Å². The third kappa shape index (κ3) is 4.67. The molecule has 0 bridgehead atoms. The molecule has 1 aromatic heterocycles. The minimum Gasteiger partial charge on any atom is -0.465 e. The summed E-state index contributed by atoms with van der Waals surface area (Å²) in [7, 11) is 5.44. The average molecular weight is 252 g/mol. The Morgan fingerprint density at radius 2 is 2.22 bits per heavy atom. The molecule has 0 saturated carbocycles. The molecular formula is C12H20N4O2. The third-order valence-electron chi connectivity index (χ3n) is 2.44. The Labute approximate surface area is 107 Å². The number of aromatic nitrogens is 2. The highest BCUT2D eigenvalue weighted by molar-refractivity contribution is 5.94. The van der Waals surface area contributed by atoms with E-state index in [2.05, 4.69) is 24.9 Å². The third-order valence-corrected chi connectivity index (χ3v) is 2.44. The lowest BCUT2D eigenvalue weighted by molar-refractivity contribution is 0.0601. The molecule has 0 amide bonds. The number of ether oxygens (including phenoxy) is 1. The van der Waals surface area contributed by atoms with Crippen LogP contribution in [-0.2, 0) is 4.74 Å². The summed E-state index contributed by atoms with van der Waals surface area (Å²) in [6.45, 7) is 1.82. The molecule has 0 spiro atoms. The number of nitrogens with one attached hydrogen (secondary N) is 1. The number of hydrogen-bond acceptors (Lipinski definition) is 6. The van der Waals surface area contributed by atoms with Gasteiger partial charge in [0.25, 0.3) is 0 Å². The quantitative estimate of drug-likeness (QED) is 0.577. The van der Waals surface area contributed by atoms with Gasteiger partial charge >= 0.3 is 5.97 Å². The van der Waals surface area contributed by atoms with Gasteiger partial charge in [-0.15, -0.1) is 0 Å². The summed E-state index contributed by atoms with van der Waals surface area (Å²) in [5, 5.41) is 3.13. The van der Waals surface area contributed by atoms with Crippen LogP contribution in [0, 0.1) is 0 Å².